The molecule has 0 spiro atoms. The van der Waals surface area contributed by atoms with E-state index in [0.29, 0.717) is 19.3 Å². The fraction of sp³-hybridized carbons (Fsp3) is 0.735. The standard InChI is InChI=1S/C49H86N10O11S/c1-11-14-16-18-20-22-25-37(44(64)51-29-41(61)55-36(24-13-3)34(8)50)56-42(62)30-52-47(67)40(28-33(6)7)59(70-10)43(63)31-53-45(65)39(27-32(4)5)57-48(68)49(71-69)58-46(66)38(54-35(9)60)26-23-21-19-17-15-12-2/h3,32-33,36-40,49,69H,8,11-12,14-31,50H2,1-2,4-7,9-10H3,(H,51,64)(H,52,67)(H,53,65)(H,54,60)(H,55,61)(H,56,62)(H,57,68)(H,58,66). The van der Waals surface area contributed by atoms with Gasteiger partial charge in [-0.05, 0) is 37.5 Å². The van der Waals surface area contributed by atoms with E-state index in [1.165, 1.54) is 6.92 Å². The van der Waals surface area contributed by atoms with E-state index >= 15 is 0 Å². The van der Waals surface area contributed by atoms with Crippen LogP contribution in [0.25, 0.3) is 0 Å². The molecule has 0 fully saturated rings. The van der Waals surface area contributed by atoms with Gasteiger partial charge < -0.3 is 52.8 Å². The number of unbranched alkanes of at least 4 members (excludes halogenated alkanes) is 10. The molecule has 0 bridgehead atoms. The van der Waals surface area contributed by atoms with Crippen LogP contribution in [0.15, 0.2) is 12.3 Å². The van der Waals surface area contributed by atoms with Crippen LogP contribution in [0.3, 0.4) is 0 Å². The van der Waals surface area contributed by atoms with Crippen molar-refractivity contribution in [1.29, 1.82) is 0 Å². The van der Waals surface area contributed by atoms with Gasteiger partial charge >= 0.3 is 0 Å². The van der Waals surface area contributed by atoms with Crippen LogP contribution in [-0.2, 0) is 48.0 Å². The van der Waals surface area contributed by atoms with Gasteiger partial charge in [-0.25, -0.2) is 5.06 Å². The normalized spacial score (nSPS) is 13.5. The van der Waals surface area contributed by atoms with Crippen molar-refractivity contribution in [1.82, 2.24) is 47.6 Å². The Hall–Kier alpha value is -5.40. The summed E-state index contributed by atoms with van der Waals surface area (Å²) >= 11 is 0.0401. The van der Waals surface area contributed by atoms with Gasteiger partial charge in [0, 0.05) is 31.1 Å². The number of nitrogens with zero attached hydrogens (tertiary/aromatic N) is 1. The Bertz CT molecular complexity index is 1740. The second-order valence-electron chi connectivity index (χ2n) is 18.5. The zero-order valence-electron chi connectivity index (χ0n) is 43.5. The first-order chi connectivity index (χ1) is 33.6. The van der Waals surface area contributed by atoms with Crippen molar-refractivity contribution in [2.75, 3.05) is 26.7 Å². The number of rotatable bonds is 39. The average Bonchev–Trinajstić information content (AvgIpc) is 3.31. The van der Waals surface area contributed by atoms with E-state index in [0.717, 1.165) is 76.4 Å². The highest BCUT2D eigenvalue weighted by molar-refractivity contribution is 7.95. The van der Waals surface area contributed by atoms with Crippen LogP contribution < -0.4 is 48.3 Å². The van der Waals surface area contributed by atoms with Crippen molar-refractivity contribution in [3.05, 3.63) is 12.3 Å². The predicted octanol–water partition coefficient (Wildman–Crippen LogP) is 2.79. The molecular weight excluding hydrogens is 937 g/mol. The second-order valence-corrected chi connectivity index (χ2v) is 19.2. The van der Waals surface area contributed by atoms with Crippen molar-refractivity contribution < 1.29 is 52.5 Å². The number of hydrogen-bond acceptors (Lipinski definition) is 13. The molecule has 0 radical (unpaired) electrons. The molecule has 0 aliphatic rings. The molecule has 11 N–H and O–H groups in total. The van der Waals surface area contributed by atoms with Crippen LogP contribution in [0.5, 0.6) is 0 Å². The lowest BCUT2D eigenvalue weighted by atomic mass is 10.0. The molecule has 71 heavy (non-hydrogen) atoms. The van der Waals surface area contributed by atoms with Crippen molar-refractivity contribution in [2.24, 2.45) is 17.6 Å². The Kier molecular flexibility index (Phi) is 35.4. The smallest absolute Gasteiger partial charge is 0.266 e. The van der Waals surface area contributed by atoms with Gasteiger partial charge in [0.1, 0.15) is 24.2 Å². The Morgan fingerprint density at radius 1 is 0.620 bits per heavy atom. The molecule has 0 rings (SSSR count). The molecule has 0 aliphatic heterocycles. The first kappa shape index (κ1) is 65.6. The minimum Gasteiger partial charge on any atom is -0.401 e. The van der Waals surface area contributed by atoms with E-state index < -0.39 is 108 Å². The molecule has 6 atom stereocenters. The zero-order valence-corrected chi connectivity index (χ0v) is 44.3. The minimum atomic E-state index is -1.55. The number of hydrogen-bond donors (Lipinski definition) is 10. The summed E-state index contributed by atoms with van der Waals surface area (Å²) in [5, 5.41) is 19.6. The van der Waals surface area contributed by atoms with E-state index in [1.54, 1.807) is 27.7 Å². The van der Waals surface area contributed by atoms with Crippen molar-refractivity contribution in [3.8, 4) is 12.3 Å². The van der Waals surface area contributed by atoms with E-state index in [4.69, 9.17) is 17.0 Å². The van der Waals surface area contributed by atoms with Gasteiger partial charge in [-0.1, -0.05) is 125 Å². The first-order valence-corrected chi connectivity index (χ1v) is 25.8. The minimum absolute atomic E-state index is 0.0401. The lowest BCUT2D eigenvalue weighted by Gasteiger charge is -2.30. The fourth-order valence-corrected chi connectivity index (χ4v) is 7.67. The highest BCUT2D eigenvalue weighted by atomic mass is 32.2. The van der Waals surface area contributed by atoms with Gasteiger partial charge in [0.15, 0.2) is 5.37 Å². The summed E-state index contributed by atoms with van der Waals surface area (Å²) in [6.07, 6.45) is 17.4. The van der Waals surface area contributed by atoms with E-state index in [9.17, 15) is 47.7 Å². The summed E-state index contributed by atoms with van der Waals surface area (Å²) in [5.41, 5.74) is 5.88. The van der Waals surface area contributed by atoms with E-state index in [2.05, 4.69) is 68.9 Å². The lowest BCUT2D eigenvalue weighted by molar-refractivity contribution is -0.192. The second kappa shape index (κ2) is 38.3. The summed E-state index contributed by atoms with van der Waals surface area (Å²) in [4.78, 5) is 124. The molecule has 9 amide bonds. The lowest BCUT2D eigenvalue weighted by Crippen LogP contribution is -2.57. The summed E-state index contributed by atoms with van der Waals surface area (Å²) in [5.74, 6) is -4.24. The summed E-state index contributed by atoms with van der Waals surface area (Å²) in [7, 11) is 1.16. The molecule has 0 aliphatic carbocycles. The molecule has 21 nitrogen and oxygen atoms in total. The summed E-state index contributed by atoms with van der Waals surface area (Å²) < 4.78 is 10.0. The zero-order chi connectivity index (χ0) is 53.9. The van der Waals surface area contributed by atoms with Crippen molar-refractivity contribution >= 4 is 65.2 Å². The van der Waals surface area contributed by atoms with E-state index in [1.807, 2.05) is 0 Å². The van der Waals surface area contributed by atoms with Crippen LogP contribution in [0.4, 0.5) is 0 Å². The maximum Gasteiger partial charge on any atom is 0.266 e. The number of terminal acetylenes is 1. The molecule has 0 aromatic heterocycles. The quantitative estimate of drug-likeness (QED) is 0.0140. The largest absolute Gasteiger partial charge is 0.401 e. The van der Waals surface area contributed by atoms with Gasteiger partial charge in [0.25, 0.3) is 11.8 Å². The highest BCUT2D eigenvalue weighted by Crippen LogP contribution is 2.15. The molecule has 6 unspecified atom stereocenters. The number of nitrogens with two attached hydrogens (primary N) is 1. The molecule has 0 saturated carbocycles. The number of hydroxylamine groups is 2. The molecular formula is C49H86N10O11S. The first-order valence-electron chi connectivity index (χ1n) is 25.0. The number of carbonyl (C=O) groups is 9. The monoisotopic (exact) mass is 1020 g/mol. The topological polar surface area (TPSA) is 309 Å². The van der Waals surface area contributed by atoms with Crippen LogP contribution in [-0.4, -0.2) is 125 Å². The van der Waals surface area contributed by atoms with Gasteiger partial charge in [-0.3, -0.25) is 48.0 Å². The molecule has 0 heterocycles. The Morgan fingerprint density at radius 3 is 1.55 bits per heavy atom. The molecule has 0 saturated heterocycles. The number of nitrogens with one attached hydrogen (secondary N) is 8. The molecule has 22 heteroatoms. The van der Waals surface area contributed by atoms with Gasteiger partial charge in [0.05, 0.1) is 32.8 Å². The Labute approximate surface area is 426 Å². The third-order valence-electron chi connectivity index (χ3n) is 11.1. The predicted molar refractivity (Wildman–Crippen MR) is 274 cm³/mol. The van der Waals surface area contributed by atoms with Crippen LogP contribution >= 0.6 is 12.0 Å². The van der Waals surface area contributed by atoms with Crippen LogP contribution in [0, 0.1) is 24.2 Å². The van der Waals surface area contributed by atoms with Gasteiger partial charge in [-0.15, -0.1) is 12.3 Å². The average molecular weight is 1020 g/mol. The van der Waals surface area contributed by atoms with Crippen molar-refractivity contribution in [3.63, 3.8) is 0 Å². The fourth-order valence-electron chi connectivity index (χ4n) is 7.34. The molecule has 0 aromatic rings. The third-order valence-corrected chi connectivity index (χ3v) is 11.6. The number of carbonyl (C=O) groups excluding carboxylic acids is 9. The van der Waals surface area contributed by atoms with Gasteiger partial charge in [0.2, 0.25) is 41.4 Å². The maximum atomic E-state index is 13.7. The van der Waals surface area contributed by atoms with Crippen LogP contribution in [0.2, 0.25) is 0 Å². The van der Waals surface area contributed by atoms with E-state index in [-0.39, 0.29) is 55.3 Å². The maximum absolute atomic E-state index is 13.7. The Balaban J connectivity index is 5.88. The van der Waals surface area contributed by atoms with Gasteiger partial charge in [-0.2, -0.15) is 0 Å². The summed E-state index contributed by atoms with van der Waals surface area (Å²) in [6, 6.07) is -5.20. The van der Waals surface area contributed by atoms with Crippen LogP contribution in [0.1, 0.15) is 158 Å². The molecule has 404 valence electrons. The highest BCUT2D eigenvalue weighted by Gasteiger charge is 2.34. The SMILES string of the molecule is C#CCC(NC(=O)CNC(=O)C(CCCCCCCC)NC(=O)CNC(=O)C(CC(C)C)N(OC)C(=O)CNC(=O)C(CC(C)C)NC(=O)C(NC(=O)C(CCCCCCCC)NC(C)=O)SO)C(=C)N. The third kappa shape index (κ3) is 29.5. The Morgan fingerprint density at radius 2 is 1.08 bits per heavy atom. The summed E-state index contributed by atoms with van der Waals surface area (Å²) in [6.45, 7) is 14.6. The molecule has 0 aromatic carbocycles. The number of amides is 9. The van der Waals surface area contributed by atoms with Crippen molar-refractivity contribution in [2.45, 2.75) is 193 Å².